The van der Waals surface area contributed by atoms with E-state index < -0.39 is 8.60 Å². The number of ether oxygens (including phenoxy) is 1. The molecular formula is C27H56NO5P. The Kier molecular flexibility index (Phi) is 25.6. The highest BCUT2D eigenvalue weighted by atomic mass is 31.2. The zero-order valence-corrected chi connectivity index (χ0v) is 23.8. The van der Waals surface area contributed by atoms with Crippen LogP contribution in [0.15, 0.2) is 0 Å². The van der Waals surface area contributed by atoms with Crippen molar-refractivity contribution in [3.05, 3.63) is 0 Å². The third-order valence-corrected chi connectivity index (χ3v) is 6.85. The average Bonchev–Trinajstić information content (AvgIpc) is 2.81. The molecule has 34 heavy (non-hydrogen) atoms. The molecule has 0 bridgehead atoms. The Morgan fingerprint density at radius 3 is 1.68 bits per heavy atom. The quantitative estimate of drug-likeness (QED) is 0.0735. The highest BCUT2D eigenvalue weighted by Crippen LogP contribution is 2.33. The first-order valence-electron chi connectivity index (χ1n) is 14.1. The Hall–Kier alpha value is -0.260. The molecule has 0 saturated heterocycles. The van der Waals surface area contributed by atoms with E-state index in [2.05, 4.69) is 6.92 Å². The highest BCUT2D eigenvalue weighted by molar-refractivity contribution is 7.40. The summed E-state index contributed by atoms with van der Waals surface area (Å²) < 4.78 is 16.2. The Labute approximate surface area is 212 Å². The molecule has 0 heterocycles. The minimum absolute atomic E-state index is 0.189. The highest BCUT2D eigenvalue weighted by Gasteiger charge is 2.17. The summed E-state index contributed by atoms with van der Waals surface area (Å²) in [7, 11) is 1.96. The molecule has 0 spiro atoms. The van der Waals surface area contributed by atoms with Gasteiger partial charge in [-0.05, 0) is 26.9 Å². The van der Waals surface area contributed by atoms with E-state index in [4.69, 9.17) is 13.8 Å². The van der Waals surface area contributed by atoms with Gasteiger partial charge in [-0.1, -0.05) is 110 Å². The summed E-state index contributed by atoms with van der Waals surface area (Å²) in [6, 6.07) is 0. The van der Waals surface area contributed by atoms with Crippen LogP contribution in [0.4, 0.5) is 0 Å². The molecule has 0 rings (SSSR count). The third-order valence-electron chi connectivity index (χ3n) is 6.08. The molecule has 0 fully saturated rings. The Bertz CT molecular complexity index is 439. The van der Waals surface area contributed by atoms with Gasteiger partial charge >= 0.3 is 14.6 Å². The molecule has 0 saturated carbocycles. The fraction of sp³-hybridized carbons (Fsp3) is 0.963. The van der Waals surface area contributed by atoms with Crippen molar-refractivity contribution >= 4 is 14.6 Å². The summed E-state index contributed by atoms with van der Waals surface area (Å²) in [6.45, 7) is 5.38. The summed E-state index contributed by atoms with van der Waals surface area (Å²) in [5.74, 6) is -0.221. The summed E-state index contributed by atoms with van der Waals surface area (Å²) in [6.07, 6.45) is 22.2. The van der Waals surface area contributed by atoms with Crippen LogP contribution in [0, 0.1) is 0 Å². The minimum atomic E-state index is -1.93. The molecule has 0 amide bonds. The van der Waals surface area contributed by atoms with Crippen LogP contribution in [-0.4, -0.2) is 55.7 Å². The Balaban J connectivity index is 3.68. The van der Waals surface area contributed by atoms with Crippen LogP contribution in [0.1, 0.15) is 129 Å². The van der Waals surface area contributed by atoms with Crippen LogP contribution in [0.25, 0.3) is 0 Å². The molecule has 2 unspecified atom stereocenters. The zero-order valence-electron chi connectivity index (χ0n) is 22.9. The van der Waals surface area contributed by atoms with Crippen molar-refractivity contribution in [3.63, 3.8) is 0 Å². The van der Waals surface area contributed by atoms with Gasteiger partial charge in [-0.3, -0.25) is 4.79 Å². The number of esters is 1. The molecule has 2 atom stereocenters. The molecular weight excluding hydrogens is 449 g/mol. The van der Waals surface area contributed by atoms with E-state index >= 15 is 0 Å². The predicted molar refractivity (Wildman–Crippen MR) is 144 cm³/mol. The van der Waals surface area contributed by atoms with Gasteiger partial charge in [0.05, 0.1) is 13.2 Å². The number of hydrogen-bond acceptors (Lipinski definition) is 6. The first-order valence-corrected chi connectivity index (χ1v) is 15.2. The van der Waals surface area contributed by atoms with Crippen molar-refractivity contribution < 1.29 is 23.5 Å². The van der Waals surface area contributed by atoms with E-state index in [1.54, 1.807) is 6.92 Å². The SMILES string of the molecule is CCCCCCCCCCCCCCCCCCC(COP(O)OCCN(C)C)OC(=O)CC. The second-order valence-corrected chi connectivity index (χ2v) is 10.7. The largest absolute Gasteiger partial charge is 0.460 e. The maximum Gasteiger partial charge on any atom is 0.330 e. The second-order valence-electron chi connectivity index (χ2n) is 9.73. The van der Waals surface area contributed by atoms with Crippen LogP contribution in [0.2, 0.25) is 0 Å². The van der Waals surface area contributed by atoms with Gasteiger partial charge in [0.2, 0.25) is 0 Å². The van der Waals surface area contributed by atoms with E-state index in [1.165, 1.54) is 89.9 Å². The molecule has 0 aromatic rings. The summed E-state index contributed by atoms with van der Waals surface area (Å²) in [5, 5.41) is 0. The average molecular weight is 506 g/mol. The predicted octanol–water partition coefficient (Wildman–Crippen LogP) is 7.77. The van der Waals surface area contributed by atoms with E-state index in [0.29, 0.717) is 13.0 Å². The topological polar surface area (TPSA) is 68.2 Å². The van der Waals surface area contributed by atoms with Crippen molar-refractivity contribution in [2.75, 3.05) is 33.9 Å². The van der Waals surface area contributed by atoms with Gasteiger partial charge in [-0.25, -0.2) is 0 Å². The lowest BCUT2D eigenvalue weighted by molar-refractivity contribution is -0.150. The molecule has 204 valence electrons. The number of carbonyl (C=O) groups is 1. The summed E-state index contributed by atoms with van der Waals surface area (Å²) in [5.41, 5.74) is 0. The maximum absolute atomic E-state index is 11.7. The van der Waals surface area contributed by atoms with E-state index in [1.807, 2.05) is 19.0 Å². The summed E-state index contributed by atoms with van der Waals surface area (Å²) >= 11 is 0. The molecule has 6 nitrogen and oxygen atoms in total. The fourth-order valence-corrected chi connectivity index (χ4v) is 4.46. The molecule has 7 heteroatoms. The summed E-state index contributed by atoms with van der Waals surface area (Å²) in [4.78, 5) is 23.6. The van der Waals surface area contributed by atoms with Crippen molar-refractivity contribution in [2.24, 2.45) is 0 Å². The van der Waals surface area contributed by atoms with Gasteiger partial charge in [0.15, 0.2) is 0 Å². The first kappa shape index (κ1) is 33.7. The third kappa shape index (κ3) is 24.9. The molecule has 0 radical (unpaired) electrons. The number of likely N-dealkylation sites (N-methyl/N-ethyl adjacent to an activating group) is 1. The number of unbranched alkanes of at least 4 members (excludes halogenated alkanes) is 15. The van der Waals surface area contributed by atoms with Gasteiger partial charge in [-0.15, -0.1) is 0 Å². The van der Waals surface area contributed by atoms with Crippen LogP contribution < -0.4 is 0 Å². The number of hydrogen-bond donors (Lipinski definition) is 1. The zero-order chi connectivity index (χ0) is 25.3. The van der Waals surface area contributed by atoms with E-state index in [9.17, 15) is 9.69 Å². The Morgan fingerprint density at radius 2 is 1.24 bits per heavy atom. The van der Waals surface area contributed by atoms with E-state index in [-0.39, 0.29) is 18.7 Å². The van der Waals surface area contributed by atoms with Gasteiger partial charge < -0.3 is 23.6 Å². The number of carbonyl (C=O) groups excluding carboxylic acids is 1. The number of rotatable bonds is 26. The van der Waals surface area contributed by atoms with E-state index in [0.717, 1.165) is 25.8 Å². The standard InChI is InChI=1S/C27H56NO5P/c1-5-7-8-9-10-11-12-13-14-15-16-17-18-19-20-21-22-26(33-27(29)6-2)25-32-34(30)31-24-23-28(3)4/h26,30H,5-25H2,1-4H3. The van der Waals surface area contributed by atoms with Gasteiger partial charge in [-0.2, -0.15) is 0 Å². The molecule has 0 aliphatic rings. The maximum atomic E-state index is 11.7. The van der Waals surface area contributed by atoms with Crippen molar-refractivity contribution in [1.82, 2.24) is 4.90 Å². The second kappa shape index (κ2) is 25.8. The normalized spacial score (nSPS) is 13.4. The monoisotopic (exact) mass is 505 g/mol. The first-order chi connectivity index (χ1) is 16.5. The van der Waals surface area contributed by atoms with Crippen LogP contribution in [-0.2, 0) is 18.6 Å². The molecule has 0 aliphatic heterocycles. The fourth-order valence-electron chi connectivity index (χ4n) is 3.85. The lowest BCUT2D eigenvalue weighted by Crippen LogP contribution is -2.23. The molecule has 0 aromatic heterocycles. The van der Waals surface area contributed by atoms with Gasteiger partial charge in [0.1, 0.15) is 6.10 Å². The van der Waals surface area contributed by atoms with Crippen molar-refractivity contribution in [1.29, 1.82) is 0 Å². The molecule has 1 N–H and O–H groups in total. The van der Waals surface area contributed by atoms with Crippen LogP contribution in [0.3, 0.4) is 0 Å². The molecule has 0 aliphatic carbocycles. The number of nitrogens with zero attached hydrogens (tertiary/aromatic N) is 1. The van der Waals surface area contributed by atoms with Gasteiger partial charge in [0, 0.05) is 13.0 Å². The smallest absolute Gasteiger partial charge is 0.330 e. The lowest BCUT2D eigenvalue weighted by atomic mass is 10.0. The lowest BCUT2D eigenvalue weighted by Gasteiger charge is -2.19. The van der Waals surface area contributed by atoms with Gasteiger partial charge in [0.25, 0.3) is 0 Å². The van der Waals surface area contributed by atoms with Crippen LogP contribution >= 0.6 is 8.60 Å². The Morgan fingerprint density at radius 1 is 0.765 bits per heavy atom. The van der Waals surface area contributed by atoms with Crippen molar-refractivity contribution in [2.45, 2.75) is 136 Å². The molecule has 0 aromatic carbocycles. The van der Waals surface area contributed by atoms with Crippen LogP contribution in [0.5, 0.6) is 0 Å². The minimum Gasteiger partial charge on any atom is -0.460 e. The van der Waals surface area contributed by atoms with Crippen molar-refractivity contribution in [3.8, 4) is 0 Å².